The van der Waals surface area contributed by atoms with Gasteiger partial charge in [0.05, 0.1) is 4.90 Å². The summed E-state index contributed by atoms with van der Waals surface area (Å²) in [6, 6.07) is 2.31. The standard InChI is InChI=1S/C14H26N4O2S/c1-3-17(12-5-6-12)8-7-16-21(19,20)14-9-13(10-15)18(4-2)11-14/h9,11-12,16H,3-8,10,15H2,1-2H3. The third-order valence-electron chi connectivity index (χ3n) is 3.98. The lowest BCUT2D eigenvalue weighted by Crippen LogP contribution is -2.36. The van der Waals surface area contributed by atoms with Crippen molar-refractivity contribution in [3.8, 4) is 0 Å². The van der Waals surface area contributed by atoms with Crippen molar-refractivity contribution in [2.45, 2.75) is 50.7 Å². The summed E-state index contributed by atoms with van der Waals surface area (Å²) in [6.45, 7) is 7.32. The minimum atomic E-state index is -3.44. The molecule has 0 unspecified atom stereocenters. The van der Waals surface area contributed by atoms with E-state index in [4.69, 9.17) is 5.73 Å². The summed E-state index contributed by atoms with van der Waals surface area (Å²) in [7, 11) is -3.44. The molecular formula is C14H26N4O2S. The van der Waals surface area contributed by atoms with E-state index in [0.29, 0.717) is 30.6 Å². The molecule has 1 aliphatic carbocycles. The zero-order chi connectivity index (χ0) is 15.5. The zero-order valence-corrected chi connectivity index (χ0v) is 13.7. The van der Waals surface area contributed by atoms with Gasteiger partial charge in [0.1, 0.15) is 0 Å². The number of sulfonamides is 1. The fraction of sp³-hybridized carbons (Fsp3) is 0.714. The highest BCUT2D eigenvalue weighted by Gasteiger charge is 2.27. The molecule has 6 nitrogen and oxygen atoms in total. The maximum Gasteiger partial charge on any atom is 0.242 e. The predicted molar refractivity (Wildman–Crippen MR) is 83.5 cm³/mol. The zero-order valence-electron chi connectivity index (χ0n) is 12.9. The summed E-state index contributed by atoms with van der Waals surface area (Å²) in [5.41, 5.74) is 6.48. The molecule has 0 bridgehead atoms. The molecule has 21 heavy (non-hydrogen) atoms. The Labute approximate surface area is 127 Å². The minimum Gasteiger partial charge on any atom is -0.349 e. The van der Waals surface area contributed by atoms with Gasteiger partial charge in [0.25, 0.3) is 0 Å². The van der Waals surface area contributed by atoms with E-state index in [-0.39, 0.29) is 0 Å². The van der Waals surface area contributed by atoms with Gasteiger partial charge in [-0.25, -0.2) is 13.1 Å². The second-order valence-corrected chi connectivity index (χ2v) is 7.18. The van der Waals surface area contributed by atoms with E-state index in [9.17, 15) is 8.42 Å². The lowest BCUT2D eigenvalue weighted by atomic mass is 10.4. The maximum absolute atomic E-state index is 12.3. The van der Waals surface area contributed by atoms with E-state index in [1.807, 2.05) is 11.5 Å². The van der Waals surface area contributed by atoms with Gasteiger partial charge in [-0.1, -0.05) is 6.92 Å². The number of nitrogens with one attached hydrogen (secondary N) is 1. The van der Waals surface area contributed by atoms with Gasteiger partial charge in [-0.2, -0.15) is 0 Å². The molecular weight excluding hydrogens is 288 g/mol. The molecule has 1 heterocycles. The quantitative estimate of drug-likeness (QED) is 0.704. The van der Waals surface area contributed by atoms with Gasteiger partial charge in [-0.3, -0.25) is 4.90 Å². The number of aromatic nitrogens is 1. The van der Waals surface area contributed by atoms with Crippen molar-refractivity contribution in [3.05, 3.63) is 18.0 Å². The van der Waals surface area contributed by atoms with E-state index in [1.165, 1.54) is 12.8 Å². The third-order valence-corrected chi connectivity index (χ3v) is 5.41. The summed E-state index contributed by atoms with van der Waals surface area (Å²) in [4.78, 5) is 2.63. The maximum atomic E-state index is 12.3. The lowest BCUT2D eigenvalue weighted by Gasteiger charge is -2.19. The van der Waals surface area contributed by atoms with E-state index < -0.39 is 10.0 Å². The normalized spacial score (nSPS) is 15.8. The molecule has 7 heteroatoms. The van der Waals surface area contributed by atoms with Crippen LogP contribution in [0.3, 0.4) is 0 Å². The van der Waals surface area contributed by atoms with Crippen LogP contribution in [0.1, 0.15) is 32.4 Å². The number of hydrogen-bond acceptors (Lipinski definition) is 4. The molecule has 0 saturated heterocycles. The van der Waals surface area contributed by atoms with E-state index in [0.717, 1.165) is 18.8 Å². The van der Waals surface area contributed by atoms with Gasteiger partial charge in [-0.05, 0) is 32.4 Å². The first-order valence-electron chi connectivity index (χ1n) is 7.64. The van der Waals surface area contributed by atoms with Crippen molar-refractivity contribution in [2.75, 3.05) is 19.6 Å². The summed E-state index contributed by atoms with van der Waals surface area (Å²) < 4.78 is 29.2. The van der Waals surface area contributed by atoms with Crippen LogP contribution < -0.4 is 10.5 Å². The Hall–Kier alpha value is -0.890. The molecule has 1 fully saturated rings. The Morgan fingerprint density at radius 1 is 1.43 bits per heavy atom. The van der Waals surface area contributed by atoms with Crippen LogP contribution in [0.5, 0.6) is 0 Å². The molecule has 1 aromatic heterocycles. The van der Waals surface area contributed by atoms with Gasteiger partial charge < -0.3 is 10.3 Å². The first-order valence-corrected chi connectivity index (χ1v) is 9.13. The smallest absolute Gasteiger partial charge is 0.242 e. The van der Waals surface area contributed by atoms with Crippen LogP contribution in [0.4, 0.5) is 0 Å². The highest BCUT2D eigenvalue weighted by Crippen LogP contribution is 2.25. The van der Waals surface area contributed by atoms with Crippen LogP contribution in [0.25, 0.3) is 0 Å². The van der Waals surface area contributed by atoms with Gasteiger partial charge in [-0.15, -0.1) is 0 Å². The van der Waals surface area contributed by atoms with Crippen LogP contribution in [0.2, 0.25) is 0 Å². The topological polar surface area (TPSA) is 80.4 Å². The van der Waals surface area contributed by atoms with E-state index in [2.05, 4.69) is 16.5 Å². The minimum absolute atomic E-state index is 0.305. The average molecular weight is 314 g/mol. The monoisotopic (exact) mass is 314 g/mol. The summed E-state index contributed by atoms with van der Waals surface area (Å²) in [5, 5.41) is 0. The van der Waals surface area contributed by atoms with Gasteiger partial charge in [0.2, 0.25) is 10.0 Å². The molecule has 120 valence electrons. The highest BCUT2D eigenvalue weighted by molar-refractivity contribution is 7.89. The molecule has 1 aromatic rings. The van der Waals surface area contributed by atoms with Gasteiger partial charge in [0.15, 0.2) is 0 Å². The molecule has 0 radical (unpaired) electrons. The largest absolute Gasteiger partial charge is 0.349 e. The molecule has 2 rings (SSSR count). The molecule has 1 aliphatic rings. The number of nitrogens with zero attached hydrogens (tertiary/aromatic N) is 2. The number of rotatable bonds is 9. The Morgan fingerprint density at radius 3 is 2.62 bits per heavy atom. The van der Waals surface area contributed by atoms with Gasteiger partial charge >= 0.3 is 0 Å². The number of likely N-dealkylation sites (N-methyl/N-ethyl adjacent to an activating group) is 1. The van der Waals surface area contributed by atoms with Crippen LogP contribution in [-0.4, -0.2) is 43.6 Å². The Balaban J connectivity index is 1.96. The van der Waals surface area contributed by atoms with Crippen molar-refractivity contribution in [1.82, 2.24) is 14.2 Å². The van der Waals surface area contributed by atoms with Crippen molar-refractivity contribution < 1.29 is 8.42 Å². The van der Waals surface area contributed by atoms with Crippen LogP contribution in [0.15, 0.2) is 17.2 Å². The number of nitrogens with two attached hydrogens (primary N) is 1. The Kier molecular flexibility index (Phi) is 5.43. The first kappa shape index (κ1) is 16.5. The molecule has 1 saturated carbocycles. The lowest BCUT2D eigenvalue weighted by molar-refractivity contribution is 0.282. The first-order chi connectivity index (χ1) is 10.0. The Bertz CT molecular complexity index is 542. The highest BCUT2D eigenvalue weighted by atomic mass is 32.2. The van der Waals surface area contributed by atoms with Crippen LogP contribution in [-0.2, 0) is 23.1 Å². The van der Waals surface area contributed by atoms with Crippen molar-refractivity contribution in [3.63, 3.8) is 0 Å². The van der Waals surface area contributed by atoms with Crippen LogP contribution in [0, 0.1) is 0 Å². The fourth-order valence-electron chi connectivity index (χ4n) is 2.58. The Morgan fingerprint density at radius 2 is 2.14 bits per heavy atom. The number of aryl methyl sites for hydroxylation is 1. The van der Waals surface area contributed by atoms with Crippen molar-refractivity contribution in [1.29, 1.82) is 0 Å². The van der Waals surface area contributed by atoms with Gasteiger partial charge in [0, 0.05) is 44.1 Å². The van der Waals surface area contributed by atoms with Crippen LogP contribution >= 0.6 is 0 Å². The molecule has 0 amide bonds. The summed E-state index contributed by atoms with van der Waals surface area (Å²) in [6.07, 6.45) is 4.13. The summed E-state index contributed by atoms with van der Waals surface area (Å²) >= 11 is 0. The van der Waals surface area contributed by atoms with E-state index >= 15 is 0 Å². The fourth-order valence-corrected chi connectivity index (χ4v) is 3.67. The molecule has 0 atom stereocenters. The third kappa shape index (κ3) is 4.06. The molecule has 0 spiro atoms. The molecule has 0 aliphatic heterocycles. The molecule has 3 N–H and O–H groups in total. The predicted octanol–water partition coefficient (Wildman–Crippen LogP) is 0.729. The average Bonchev–Trinajstić information content (AvgIpc) is 3.21. The van der Waals surface area contributed by atoms with E-state index in [1.54, 1.807) is 12.3 Å². The second-order valence-electron chi connectivity index (χ2n) is 5.41. The second kappa shape index (κ2) is 6.91. The molecule has 0 aromatic carbocycles. The van der Waals surface area contributed by atoms with Crippen molar-refractivity contribution in [2.24, 2.45) is 5.73 Å². The number of hydrogen-bond donors (Lipinski definition) is 2. The van der Waals surface area contributed by atoms with Crippen molar-refractivity contribution >= 4 is 10.0 Å². The summed E-state index contributed by atoms with van der Waals surface area (Å²) in [5.74, 6) is 0. The SMILES string of the molecule is CCN(CCNS(=O)(=O)c1cc(CN)n(CC)c1)C1CC1.